The second-order valence-electron chi connectivity index (χ2n) is 4.88. The molecule has 0 amide bonds. The number of aromatic nitrogens is 2. The van der Waals surface area contributed by atoms with Gasteiger partial charge in [0.2, 0.25) is 5.13 Å². The number of aryl methyl sites for hydroxylation is 1. The molecule has 0 unspecified atom stereocenters. The van der Waals surface area contributed by atoms with Crippen LogP contribution in [0, 0.1) is 12.8 Å². The molecular weight excluding hydrogens is 298 g/mol. The van der Waals surface area contributed by atoms with Crippen molar-refractivity contribution in [1.82, 2.24) is 19.8 Å². The average Bonchev–Trinajstić information content (AvgIpc) is 2.81. The van der Waals surface area contributed by atoms with Crippen LogP contribution in [0.5, 0.6) is 0 Å². The van der Waals surface area contributed by atoms with Gasteiger partial charge in [-0.15, -0.1) is 10.2 Å². The Hall–Kier alpha value is -0.770. The Morgan fingerprint density at radius 3 is 2.60 bits per heavy atom. The molecule has 2 N–H and O–H groups in total. The maximum atomic E-state index is 12.2. The number of rotatable bonds is 6. The van der Waals surface area contributed by atoms with Crippen molar-refractivity contribution in [3.8, 4) is 0 Å². The van der Waals surface area contributed by atoms with Gasteiger partial charge < -0.3 is 5.32 Å². The monoisotopic (exact) mass is 319 g/mol. The summed E-state index contributed by atoms with van der Waals surface area (Å²) in [5, 5.41) is 12.0. The van der Waals surface area contributed by atoms with Gasteiger partial charge >= 0.3 is 10.2 Å². The van der Waals surface area contributed by atoms with E-state index in [-0.39, 0.29) is 0 Å². The molecule has 0 radical (unpaired) electrons. The first-order valence-electron chi connectivity index (χ1n) is 6.80. The van der Waals surface area contributed by atoms with E-state index in [0.717, 1.165) is 30.9 Å². The molecule has 0 bridgehead atoms. The molecule has 114 valence electrons. The Morgan fingerprint density at radius 1 is 1.35 bits per heavy atom. The molecule has 0 spiro atoms. The third-order valence-electron chi connectivity index (χ3n) is 3.34. The van der Waals surface area contributed by atoms with Gasteiger partial charge in [-0.05, 0) is 38.8 Å². The SMILES string of the molecule is CCNCC1CCN(S(=O)(=O)Nc2nnc(C)s2)CC1. The molecular formula is C11H21N5O2S2. The third-order valence-corrected chi connectivity index (χ3v) is 5.72. The lowest BCUT2D eigenvalue weighted by molar-refractivity contribution is 0.269. The lowest BCUT2D eigenvalue weighted by atomic mass is 9.98. The number of nitrogens with one attached hydrogen (secondary N) is 2. The zero-order chi connectivity index (χ0) is 14.6. The Bertz CT molecular complexity index is 523. The summed E-state index contributed by atoms with van der Waals surface area (Å²) in [7, 11) is -3.50. The van der Waals surface area contributed by atoms with E-state index in [4.69, 9.17) is 0 Å². The van der Waals surface area contributed by atoms with Crippen LogP contribution in [-0.4, -0.2) is 49.1 Å². The fraction of sp³-hybridized carbons (Fsp3) is 0.818. The minimum Gasteiger partial charge on any atom is -0.317 e. The normalized spacial score (nSPS) is 18.3. The Labute approximate surface area is 124 Å². The molecule has 1 aromatic rings. The van der Waals surface area contributed by atoms with Gasteiger partial charge in [0.25, 0.3) is 0 Å². The second kappa shape index (κ2) is 6.79. The van der Waals surface area contributed by atoms with Gasteiger partial charge in [-0.2, -0.15) is 12.7 Å². The summed E-state index contributed by atoms with van der Waals surface area (Å²) >= 11 is 1.24. The largest absolute Gasteiger partial charge is 0.317 e. The Kier molecular flexibility index (Phi) is 5.30. The standard InChI is InChI=1S/C11H21N5O2S2/c1-3-12-8-10-4-6-16(7-5-10)20(17,18)15-11-14-13-9(2)19-11/h10,12H,3-8H2,1-2H3,(H,14,15). The highest BCUT2D eigenvalue weighted by Gasteiger charge is 2.28. The number of anilines is 1. The summed E-state index contributed by atoms with van der Waals surface area (Å²) in [6, 6.07) is 0. The Morgan fingerprint density at radius 2 is 2.05 bits per heavy atom. The number of hydrogen-bond acceptors (Lipinski definition) is 6. The first kappa shape index (κ1) is 15.6. The van der Waals surface area contributed by atoms with Crippen LogP contribution in [0.1, 0.15) is 24.8 Å². The molecule has 1 aromatic heterocycles. The van der Waals surface area contributed by atoms with Crippen molar-refractivity contribution < 1.29 is 8.42 Å². The number of hydrogen-bond donors (Lipinski definition) is 2. The molecule has 1 fully saturated rings. The van der Waals surface area contributed by atoms with Gasteiger partial charge in [-0.1, -0.05) is 18.3 Å². The predicted molar refractivity (Wildman–Crippen MR) is 80.0 cm³/mol. The molecule has 2 heterocycles. The van der Waals surface area contributed by atoms with E-state index in [0.29, 0.717) is 24.1 Å². The van der Waals surface area contributed by atoms with Crippen LogP contribution in [0.2, 0.25) is 0 Å². The van der Waals surface area contributed by atoms with Crippen LogP contribution in [0.4, 0.5) is 5.13 Å². The maximum Gasteiger partial charge on any atom is 0.303 e. The summed E-state index contributed by atoms with van der Waals surface area (Å²) in [5.74, 6) is 0.560. The van der Waals surface area contributed by atoms with Crippen molar-refractivity contribution in [3.63, 3.8) is 0 Å². The third kappa shape index (κ3) is 4.11. The van der Waals surface area contributed by atoms with E-state index in [2.05, 4.69) is 27.2 Å². The summed E-state index contributed by atoms with van der Waals surface area (Å²) in [4.78, 5) is 0. The van der Waals surface area contributed by atoms with Gasteiger partial charge in [0.15, 0.2) is 0 Å². The summed E-state index contributed by atoms with van der Waals surface area (Å²) in [5.41, 5.74) is 0. The fourth-order valence-corrected chi connectivity index (χ4v) is 4.22. The van der Waals surface area contributed by atoms with Crippen LogP contribution in [0.15, 0.2) is 0 Å². The van der Waals surface area contributed by atoms with Crippen LogP contribution >= 0.6 is 11.3 Å². The van der Waals surface area contributed by atoms with Crippen LogP contribution < -0.4 is 10.0 Å². The molecule has 9 heteroatoms. The quantitative estimate of drug-likeness (QED) is 0.811. The van der Waals surface area contributed by atoms with Gasteiger partial charge in [-0.3, -0.25) is 0 Å². The van der Waals surface area contributed by atoms with Gasteiger partial charge in [-0.25, -0.2) is 4.72 Å². The topological polar surface area (TPSA) is 87.2 Å². The molecule has 0 aromatic carbocycles. The molecule has 0 saturated carbocycles. The molecule has 1 saturated heterocycles. The zero-order valence-corrected chi connectivity index (χ0v) is 13.4. The molecule has 7 nitrogen and oxygen atoms in total. The van der Waals surface area contributed by atoms with E-state index in [1.165, 1.54) is 15.6 Å². The van der Waals surface area contributed by atoms with Crippen molar-refractivity contribution in [1.29, 1.82) is 0 Å². The minimum absolute atomic E-state index is 0.331. The smallest absolute Gasteiger partial charge is 0.303 e. The van der Waals surface area contributed by atoms with Crippen molar-refractivity contribution in [3.05, 3.63) is 5.01 Å². The molecule has 2 rings (SSSR count). The van der Waals surface area contributed by atoms with E-state index >= 15 is 0 Å². The van der Waals surface area contributed by atoms with Gasteiger partial charge in [0.05, 0.1) is 0 Å². The summed E-state index contributed by atoms with van der Waals surface area (Å²) in [6.07, 6.45) is 1.78. The van der Waals surface area contributed by atoms with Crippen LogP contribution in [0.3, 0.4) is 0 Å². The molecule has 1 aliphatic rings. The summed E-state index contributed by atoms with van der Waals surface area (Å²) in [6.45, 7) is 6.91. The highest BCUT2D eigenvalue weighted by atomic mass is 32.2. The summed E-state index contributed by atoms with van der Waals surface area (Å²) < 4.78 is 28.4. The van der Waals surface area contributed by atoms with E-state index < -0.39 is 10.2 Å². The lowest BCUT2D eigenvalue weighted by Gasteiger charge is -2.30. The van der Waals surface area contributed by atoms with Crippen molar-refractivity contribution in [2.45, 2.75) is 26.7 Å². The van der Waals surface area contributed by atoms with Crippen molar-refractivity contribution in [2.24, 2.45) is 5.92 Å². The van der Waals surface area contributed by atoms with Crippen molar-refractivity contribution >= 4 is 26.7 Å². The Balaban J connectivity index is 1.88. The van der Waals surface area contributed by atoms with E-state index in [1.54, 1.807) is 6.92 Å². The predicted octanol–water partition coefficient (Wildman–Crippen LogP) is 0.825. The number of nitrogens with zero attached hydrogens (tertiary/aromatic N) is 3. The number of piperidine rings is 1. The molecule has 1 aliphatic heterocycles. The zero-order valence-electron chi connectivity index (χ0n) is 11.8. The van der Waals surface area contributed by atoms with Crippen LogP contribution in [-0.2, 0) is 10.2 Å². The molecule has 20 heavy (non-hydrogen) atoms. The van der Waals surface area contributed by atoms with Crippen molar-refractivity contribution in [2.75, 3.05) is 30.9 Å². The second-order valence-corrected chi connectivity index (χ2v) is 7.74. The fourth-order valence-electron chi connectivity index (χ4n) is 2.21. The molecule has 0 aliphatic carbocycles. The van der Waals surface area contributed by atoms with Gasteiger partial charge in [0.1, 0.15) is 5.01 Å². The maximum absolute atomic E-state index is 12.2. The minimum atomic E-state index is -3.50. The highest BCUT2D eigenvalue weighted by Crippen LogP contribution is 2.21. The average molecular weight is 319 g/mol. The highest BCUT2D eigenvalue weighted by molar-refractivity contribution is 7.90. The molecule has 0 atom stereocenters. The van der Waals surface area contributed by atoms with E-state index in [9.17, 15) is 8.42 Å². The van der Waals surface area contributed by atoms with Crippen LogP contribution in [0.25, 0.3) is 0 Å². The first-order chi connectivity index (χ1) is 9.51. The van der Waals surface area contributed by atoms with E-state index in [1.807, 2.05) is 0 Å². The van der Waals surface area contributed by atoms with Gasteiger partial charge in [0, 0.05) is 13.1 Å². The first-order valence-corrected chi connectivity index (χ1v) is 9.05. The lowest BCUT2D eigenvalue weighted by Crippen LogP contribution is -2.43.